The largest absolute Gasteiger partial charge is 0.462 e. The zero-order chi connectivity index (χ0) is 48.9. The maximum Gasteiger partial charge on any atom is 0.306 e. The molecular formula is C52H92O15. The Balaban J connectivity index is 1.82. The first kappa shape index (κ1) is 60.8. The molecule has 0 aromatic rings. The SMILES string of the molecule is CCCCC/C=C\C/C=C\CCCCCCCC(=O)OC(COC(=O)CCCCCCC/C=C\CCCCCCCCC)COC1OC(COC2OC(CO)C(O)C(O)C2O)C(O)C(O)C1O. The van der Waals surface area contributed by atoms with Gasteiger partial charge in [0, 0.05) is 12.8 Å². The Kier molecular flexibility index (Phi) is 35.8. The van der Waals surface area contributed by atoms with E-state index in [2.05, 4.69) is 50.3 Å². The van der Waals surface area contributed by atoms with Gasteiger partial charge in [-0.15, -0.1) is 0 Å². The molecule has 2 aliphatic heterocycles. The highest BCUT2D eigenvalue weighted by Gasteiger charge is 2.47. The zero-order valence-corrected chi connectivity index (χ0v) is 41.1. The summed E-state index contributed by atoms with van der Waals surface area (Å²) in [6.45, 7) is 2.54. The Morgan fingerprint density at radius 1 is 0.478 bits per heavy atom. The summed E-state index contributed by atoms with van der Waals surface area (Å²) in [5.74, 6) is -0.949. The van der Waals surface area contributed by atoms with Crippen LogP contribution in [0.15, 0.2) is 36.5 Å². The molecule has 2 heterocycles. The van der Waals surface area contributed by atoms with Gasteiger partial charge in [-0.05, 0) is 70.6 Å². The molecule has 0 bridgehead atoms. The van der Waals surface area contributed by atoms with Crippen molar-refractivity contribution in [2.45, 2.75) is 255 Å². The summed E-state index contributed by atoms with van der Waals surface area (Å²) < 4.78 is 33.6. The number of unbranched alkanes of at least 4 members (excludes halogenated alkanes) is 20. The topological polar surface area (TPSA) is 231 Å². The summed E-state index contributed by atoms with van der Waals surface area (Å²) in [5.41, 5.74) is 0. The number of aliphatic hydroxyl groups excluding tert-OH is 7. The molecule has 2 fully saturated rings. The van der Waals surface area contributed by atoms with Crippen LogP contribution in [-0.4, -0.2) is 142 Å². The Bertz CT molecular complexity index is 1310. The normalized spacial score (nSPS) is 26.2. The molecule has 15 heteroatoms. The summed E-state index contributed by atoms with van der Waals surface area (Å²) in [7, 11) is 0. The second-order valence-corrected chi connectivity index (χ2v) is 18.3. The van der Waals surface area contributed by atoms with E-state index in [0.29, 0.717) is 12.8 Å². The van der Waals surface area contributed by atoms with Gasteiger partial charge in [0.2, 0.25) is 0 Å². The lowest BCUT2D eigenvalue weighted by Crippen LogP contribution is -2.61. The third-order valence-electron chi connectivity index (χ3n) is 12.3. The van der Waals surface area contributed by atoms with Crippen LogP contribution in [0, 0.1) is 0 Å². The molecular weight excluding hydrogens is 865 g/mol. The molecule has 0 aromatic carbocycles. The highest BCUT2D eigenvalue weighted by molar-refractivity contribution is 5.70. The number of hydrogen-bond acceptors (Lipinski definition) is 15. The van der Waals surface area contributed by atoms with Crippen LogP contribution >= 0.6 is 0 Å². The van der Waals surface area contributed by atoms with Gasteiger partial charge in [0.15, 0.2) is 18.7 Å². The molecule has 7 N–H and O–H groups in total. The van der Waals surface area contributed by atoms with Crippen molar-refractivity contribution < 1.29 is 73.8 Å². The third kappa shape index (κ3) is 27.6. The van der Waals surface area contributed by atoms with E-state index in [9.17, 15) is 45.3 Å². The minimum Gasteiger partial charge on any atom is -0.462 e. The molecule has 67 heavy (non-hydrogen) atoms. The van der Waals surface area contributed by atoms with Crippen LogP contribution in [-0.2, 0) is 38.0 Å². The van der Waals surface area contributed by atoms with Gasteiger partial charge < -0.3 is 64.2 Å². The van der Waals surface area contributed by atoms with Gasteiger partial charge in [-0.3, -0.25) is 9.59 Å². The molecule has 0 saturated carbocycles. The fourth-order valence-corrected chi connectivity index (χ4v) is 8.01. The highest BCUT2D eigenvalue weighted by atomic mass is 16.7. The number of esters is 2. The fourth-order valence-electron chi connectivity index (χ4n) is 8.01. The van der Waals surface area contributed by atoms with E-state index in [-0.39, 0.29) is 26.1 Å². The number of aliphatic hydroxyl groups is 7. The van der Waals surface area contributed by atoms with Crippen molar-refractivity contribution >= 4 is 11.9 Å². The van der Waals surface area contributed by atoms with Crippen molar-refractivity contribution in [2.75, 3.05) is 26.4 Å². The van der Waals surface area contributed by atoms with Gasteiger partial charge in [0.25, 0.3) is 0 Å². The summed E-state index contributed by atoms with van der Waals surface area (Å²) in [6, 6.07) is 0. The first-order chi connectivity index (χ1) is 32.5. The van der Waals surface area contributed by atoms with Crippen LogP contribution in [0.5, 0.6) is 0 Å². The van der Waals surface area contributed by atoms with Crippen molar-refractivity contribution in [1.82, 2.24) is 0 Å². The van der Waals surface area contributed by atoms with Gasteiger partial charge in [-0.2, -0.15) is 0 Å². The number of allylic oxidation sites excluding steroid dienone is 6. The number of carbonyl (C=O) groups excluding carboxylic acids is 2. The molecule has 11 unspecified atom stereocenters. The van der Waals surface area contributed by atoms with Gasteiger partial charge in [-0.1, -0.05) is 140 Å². The van der Waals surface area contributed by atoms with E-state index >= 15 is 0 Å². The second-order valence-electron chi connectivity index (χ2n) is 18.3. The molecule has 390 valence electrons. The van der Waals surface area contributed by atoms with Gasteiger partial charge in [0.05, 0.1) is 19.8 Å². The van der Waals surface area contributed by atoms with E-state index in [1.165, 1.54) is 64.2 Å². The van der Waals surface area contributed by atoms with Crippen LogP contribution < -0.4 is 0 Å². The molecule has 0 aromatic heterocycles. The standard InChI is InChI=1S/C52H92O15/c1-3-5-7-9-11-13-15-17-19-21-22-24-26-28-30-32-34-43(54)62-37-40(65-44(55)35-33-31-29-27-25-23-20-18-16-14-12-10-8-6-4-2)38-63-51-50(61)48(59)46(57)42(67-51)39-64-52-49(60)47(58)45(56)41(36-53)66-52/h12,14,18-21,40-42,45-53,56-61H,3-11,13,15-17,22-39H2,1-2H3/b14-12-,20-18-,21-19-. The predicted octanol–water partition coefficient (Wildman–Crippen LogP) is 7.32. The number of hydrogen-bond donors (Lipinski definition) is 7. The average Bonchev–Trinajstić information content (AvgIpc) is 3.32. The molecule has 0 amide bonds. The number of rotatable bonds is 40. The van der Waals surface area contributed by atoms with E-state index in [4.69, 9.17) is 28.4 Å². The summed E-state index contributed by atoms with van der Waals surface area (Å²) in [6.07, 6.45) is 24.5. The molecule has 11 atom stereocenters. The Morgan fingerprint density at radius 3 is 1.43 bits per heavy atom. The monoisotopic (exact) mass is 957 g/mol. The maximum absolute atomic E-state index is 13.0. The van der Waals surface area contributed by atoms with Gasteiger partial charge in [0.1, 0.15) is 55.4 Å². The van der Waals surface area contributed by atoms with E-state index in [0.717, 1.165) is 83.5 Å². The van der Waals surface area contributed by atoms with Crippen molar-refractivity contribution in [3.8, 4) is 0 Å². The molecule has 2 aliphatic rings. The minimum atomic E-state index is -1.77. The summed E-state index contributed by atoms with van der Waals surface area (Å²) in [5, 5.41) is 72.1. The number of carbonyl (C=O) groups is 2. The molecule has 2 rings (SSSR count). The van der Waals surface area contributed by atoms with E-state index < -0.39 is 92.7 Å². The quantitative estimate of drug-likeness (QED) is 0.0181. The maximum atomic E-state index is 13.0. The lowest BCUT2D eigenvalue weighted by Gasteiger charge is -2.42. The summed E-state index contributed by atoms with van der Waals surface area (Å²) >= 11 is 0. The number of ether oxygens (including phenoxy) is 6. The lowest BCUT2D eigenvalue weighted by molar-refractivity contribution is -0.332. The first-order valence-electron chi connectivity index (χ1n) is 26.1. The Morgan fingerprint density at radius 2 is 0.896 bits per heavy atom. The lowest BCUT2D eigenvalue weighted by atomic mass is 9.98. The van der Waals surface area contributed by atoms with Crippen molar-refractivity contribution in [1.29, 1.82) is 0 Å². The van der Waals surface area contributed by atoms with Gasteiger partial charge >= 0.3 is 11.9 Å². The molecule has 0 aliphatic carbocycles. The predicted molar refractivity (Wildman–Crippen MR) is 257 cm³/mol. The second kappa shape index (κ2) is 39.4. The van der Waals surface area contributed by atoms with E-state index in [1.807, 2.05) is 0 Å². The Hall–Kier alpha value is -2.28. The van der Waals surface area contributed by atoms with E-state index in [1.54, 1.807) is 0 Å². The fraction of sp³-hybridized carbons (Fsp3) is 0.846. The van der Waals surface area contributed by atoms with Crippen molar-refractivity contribution in [2.24, 2.45) is 0 Å². The average molecular weight is 957 g/mol. The van der Waals surface area contributed by atoms with Crippen LogP contribution in [0.3, 0.4) is 0 Å². The first-order valence-corrected chi connectivity index (χ1v) is 26.1. The highest BCUT2D eigenvalue weighted by Crippen LogP contribution is 2.26. The van der Waals surface area contributed by atoms with Crippen LogP contribution in [0.25, 0.3) is 0 Å². The van der Waals surface area contributed by atoms with Gasteiger partial charge in [-0.25, -0.2) is 0 Å². The van der Waals surface area contributed by atoms with Crippen LogP contribution in [0.1, 0.15) is 187 Å². The van der Waals surface area contributed by atoms with Crippen LogP contribution in [0.4, 0.5) is 0 Å². The van der Waals surface area contributed by atoms with Crippen molar-refractivity contribution in [3.63, 3.8) is 0 Å². The Labute approximate surface area is 402 Å². The van der Waals surface area contributed by atoms with Crippen molar-refractivity contribution in [3.05, 3.63) is 36.5 Å². The minimum absolute atomic E-state index is 0.148. The van der Waals surface area contributed by atoms with Crippen LogP contribution in [0.2, 0.25) is 0 Å². The summed E-state index contributed by atoms with van der Waals surface area (Å²) in [4.78, 5) is 25.8. The molecule has 2 saturated heterocycles. The molecule has 0 radical (unpaired) electrons. The smallest absolute Gasteiger partial charge is 0.306 e. The molecule has 15 nitrogen and oxygen atoms in total. The zero-order valence-electron chi connectivity index (χ0n) is 41.1. The molecule has 0 spiro atoms. The third-order valence-corrected chi connectivity index (χ3v) is 12.3.